The molecule has 2 N–H and O–H groups in total. The largest absolute Gasteiger partial charge is 0.457 e. The van der Waals surface area contributed by atoms with Crippen molar-refractivity contribution in [2.24, 2.45) is 0 Å². The van der Waals surface area contributed by atoms with Gasteiger partial charge in [-0.05, 0) is 25.1 Å². The third kappa shape index (κ3) is 3.57. The van der Waals surface area contributed by atoms with Gasteiger partial charge in [0.1, 0.15) is 6.61 Å². The molecule has 0 aliphatic heterocycles. The third-order valence-electron chi connectivity index (χ3n) is 2.54. The first-order valence-corrected chi connectivity index (χ1v) is 6.62. The number of aromatic nitrogens is 2. The molecule has 5 nitrogen and oxygen atoms in total. The summed E-state index contributed by atoms with van der Waals surface area (Å²) in [6.45, 7) is 2.98. The highest BCUT2D eigenvalue weighted by molar-refractivity contribution is 9.10. The van der Waals surface area contributed by atoms with Crippen molar-refractivity contribution in [1.29, 1.82) is 0 Å². The smallest absolute Gasteiger partial charge is 0.338 e. The van der Waals surface area contributed by atoms with Crippen LogP contribution in [-0.2, 0) is 17.9 Å². The Morgan fingerprint density at radius 2 is 2.26 bits per heavy atom. The minimum Gasteiger partial charge on any atom is -0.457 e. The summed E-state index contributed by atoms with van der Waals surface area (Å²) in [7, 11) is 0. The second-order valence-corrected chi connectivity index (χ2v) is 4.97. The maximum atomic E-state index is 11.9. The monoisotopic (exact) mass is 323 g/mol. The van der Waals surface area contributed by atoms with Crippen molar-refractivity contribution >= 4 is 27.6 Å². The van der Waals surface area contributed by atoms with Gasteiger partial charge in [-0.25, -0.2) is 4.79 Å². The average Bonchev–Trinajstić information content (AvgIpc) is 2.82. The quantitative estimate of drug-likeness (QED) is 0.693. The zero-order valence-corrected chi connectivity index (χ0v) is 12.1. The molecule has 2 aromatic rings. The Hall–Kier alpha value is -1.82. The zero-order valence-electron chi connectivity index (χ0n) is 10.5. The van der Waals surface area contributed by atoms with Gasteiger partial charge < -0.3 is 10.5 Å². The predicted molar refractivity (Wildman–Crippen MR) is 75.6 cm³/mol. The molecule has 1 aromatic heterocycles. The molecule has 0 saturated heterocycles. The molecule has 6 heteroatoms. The summed E-state index contributed by atoms with van der Waals surface area (Å²) in [5, 5.41) is 4.11. The first kappa shape index (κ1) is 13.6. The number of nitrogens with zero attached hydrogens (tertiary/aromatic N) is 2. The van der Waals surface area contributed by atoms with Gasteiger partial charge in [0.15, 0.2) is 0 Å². The molecule has 1 aromatic carbocycles. The van der Waals surface area contributed by atoms with Crippen LogP contribution in [0.4, 0.5) is 5.69 Å². The van der Waals surface area contributed by atoms with E-state index in [9.17, 15) is 4.79 Å². The molecule has 0 aliphatic carbocycles. The highest BCUT2D eigenvalue weighted by atomic mass is 79.9. The Morgan fingerprint density at radius 1 is 1.47 bits per heavy atom. The number of carbonyl (C=O) groups is 1. The summed E-state index contributed by atoms with van der Waals surface area (Å²) in [6.07, 6.45) is 3.54. The van der Waals surface area contributed by atoms with E-state index >= 15 is 0 Å². The van der Waals surface area contributed by atoms with E-state index in [1.54, 1.807) is 29.1 Å². The minimum absolute atomic E-state index is 0.200. The molecule has 1 heterocycles. The highest BCUT2D eigenvalue weighted by Gasteiger charge is 2.09. The fourth-order valence-electron chi connectivity index (χ4n) is 1.62. The Morgan fingerprint density at radius 3 is 2.89 bits per heavy atom. The van der Waals surface area contributed by atoms with Crippen LogP contribution in [0.15, 0.2) is 35.1 Å². The van der Waals surface area contributed by atoms with Gasteiger partial charge in [0, 0.05) is 28.5 Å². The number of benzene rings is 1. The lowest BCUT2D eigenvalue weighted by atomic mass is 10.2. The number of nitrogen functional groups attached to an aromatic ring is 1. The SMILES string of the molecule is CCn1cc(COC(=O)c2cc(N)cc(Br)c2)cn1. The molecule has 0 fully saturated rings. The van der Waals surface area contributed by atoms with Crippen LogP contribution in [0.1, 0.15) is 22.8 Å². The normalized spacial score (nSPS) is 10.4. The van der Waals surface area contributed by atoms with Crippen molar-refractivity contribution in [3.8, 4) is 0 Å². The molecule has 100 valence electrons. The van der Waals surface area contributed by atoms with Gasteiger partial charge >= 0.3 is 5.97 Å². The lowest BCUT2D eigenvalue weighted by molar-refractivity contribution is 0.0472. The number of halogens is 1. The van der Waals surface area contributed by atoms with Gasteiger partial charge in [-0.2, -0.15) is 5.10 Å². The summed E-state index contributed by atoms with van der Waals surface area (Å²) >= 11 is 3.29. The standard InChI is InChI=1S/C13H14BrN3O2/c1-2-17-7-9(6-16-17)8-19-13(18)10-3-11(14)5-12(15)4-10/h3-7H,2,8,15H2,1H3. The van der Waals surface area contributed by atoms with Crippen LogP contribution in [0, 0.1) is 0 Å². The Balaban J connectivity index is 2.00. The van der Waals surface area contributed by atoms with Crippen LogP contribution >= 0.6 is 15.9 Å². The Kier molecular flexibility index (Phi) is 4.21. The summed E-state index contributed by atoms with van der Waals surface area (Å²) in [6, 6.07) is 4.98. The first-order valence-electron chi connectivity index (χ1n) is 5.83. The maximum Gasteiger partial charge on any atom is 0.338 e. The molecular weight excluding hydrogens is 310 g/mol. The maximum absolute atomic E-state index is 11.9. The number of hydrogen-bond donors (Lipinski definition) is 1. The van der Waals surface area contributed by atoms with Gasteiger partial charge in [0.05, 0.1) is 11.8 Å². The summed E-state index contributed by atoms with van der Waals surface area (Å²) in [5.41, 5.74) is 7.47. The van der Waals surface area contributed by atoms with Crippen LogP contribution in [0.25, 0.3) is 0 Å². The van der Waals surface area contributed by atoms with E-state index in [2.05, 4.69) is 21.0 Å². The topological polar surface area (TPSA) is 70.1 Å². The van der Waals surface area contributed by atoms with Gasteiger partial charge in [0.2, 0.25) is 0 Å². The van der Waals surface area contributed by atoms with Crippen molar-refractivity contribution in [1.82, 2.24) is 9.78 Å². The van der Waals surface area contributed by atoms with E-state index in [-0.39, 0.29) is 6.61 Å². The Labute approximate surface area is 119 Å². The lowest BCUT2D eigenvalue weighted by Crippen LogP contribution is -2.05. The van der Waals surface area contributed by atoms with Gasteiger partial charge in [-0.3, -0.25) is 4.68 Å². The van der Waals surface area contributed by atoms with Gasteiger partial charge in [0.25, 0.3) is 0 Å². The average molecular weight is 324 g/mol. The molecule has 0 aliphatic rings. The van der Waals surface area contributed by atoms with Crippen LogP contribution in [0.5, 0.6) is 0 Å². The van der Waals surface area contributed by atoms with Gasteiger partial charge in [-0.1, -0.05) is 15.9 Å². The van der Waals surface area contributed by atoms with E-state index in [1.165, 1.54) is 0 Å². The molecule has 0 amide bonds. The highest BCUT2D eigenvalue weighted by Crippen LogP contribution is 2.18. The molecule has 0 saturated carbocycles. The zero-order chi connectivity index (χ0) is 13.8. The van der Waals surface area contributed by atoms with Crippen molar-refractivity contribution in [3.63, 3.8) is 0 Å². The van der Waals surface area contributed by atoms with Crippen LogP contribution in [0.2, 0.25) is 0 Å². The molecule has 0 spiro atoms. The summed E-state index contributed by atoms with van der Waals surface area (Å²) in [5.74, 6) is -0.405. The number of anilines is 1. The number of nitrogens with two attached hydrogens (primary N) is 1. The number of esters is 1. The van der Waals surface area contributed by atoms with Crippen molar-refractivity contribution in [3.05, 3.63) is 46.2 Å². The predicted octanol–water partition coefficient (Wildman–Crippen LogP) is 2.60. The van der Waals surface area contributed by atoms with Gasteiger partial charge in [-0.15, -0.1) is 0 Å². The fourth-order valence-corrected chi connectivity index (χ4v) is 2.13. The molecule has 0 atom stereocenters. The number of carbonyl (C=O) groups excluding carboxylic acids is 1. The molecule has 0 radical (unpaired) electrons. The summed E-state index contributed by atoms with van der Waals surface area (Å²) < 4.78 is 7.74. The molecule has 0 bridgehead atoms. The minimum atomic E-state index is -0.405. The van der Waals surface area contributed by atoms with E-state index in [0.29, 0.717) is 11.3 Å². The van der Waals surface area contributed by atoms with Crippen molar-refractivity contribution in [2.45, 2.75) is 20.1 Å². The first-order chi connectivity index (χ1) is 9.08. The molecular formula is C13H14BrN3O2. The number of hydrogen-bond acceptors (Lipinski definition) is 4. The van der Waals surface area contributed by atoms with Crippen LogP contribution in [-0.4, -0.2) is 15.7 Å². The molecule has 0 unspecified atom stereocenters. The Bertz CT molecular complexity index is 575. The number of rotatable bonds is 4. The third-order valence-corrected chi connectivity index (χ3v) is 2.99. The van der Waals surface area contributed by atoms with Crippen molar-refractivity contribution in [2.75, 3.05) is 5.73 Å². The number of aryl methyl sites for hydroxylation is 1. The molecule has 2 rings (SSSR count). The van der Waals surface area contributed by atoms with Crippen LogP contribution in [0.3, 0.4) is 0 Å². The van der Waals surface area contributed by atoms with Crippen LogP contribution < -0.4 is 5.73 Å². The van der Waals surface area contributed by atoms with E-state index in [0.717, 1.165) is 16.6 Å². The fraction of sp³-hybridized carbons (Fsp3) is 0.231. The van der Waals surface area contributed by atoms with E-state index in [4.69, 9.17) is 10.5 Å². The van der Waals surface area contributed by atoms with Crippen molar-refractivity contribution < 1.29 is 9.53 Å². The molecule has 19 heavy (non-hydrogen) atoms. The number of ether oxygens (including phenoxy) is 1. The summed E-state index contributed by atoms with van der Waals surface area (Å²) in [4.78, 5) is 11.9. The second kappa shape index (κ2) is 5.88. The van der Waals surface area contributed by atoms with E-state index < -0.39 is 5.97 Å². The van der Waals surface area contributed by atoms with E-state index in [1.807, 2.05) is 13.1 Å². The lowest BCUT2D eigenvalue weighted by Gasteiger charge is -2.05. The second-order valence-electron chi connectivity index (χ2n) is 4.05.